The molecular formula is C20H24N4O. The van der Waals surface area contributed by atoms with E-state index in [9.17, 15) is 0 Å². The Morgan fingerprint density at radius 1 is 1.00 bits per heavy atom. The van der Waals surface area contributed by atoms with E-state index < -0.39 is 0 Å². The van der Waals surface area contributed by atoms with Crippen molar-refractivity contribution in [3.05, 3.63) is 54.1 Å². The van der Waals surface area contributed by atoms with Crippen LogP contribution in [0.2, 0.25) is 0 Å². The van der Waals surface area contributed by atoms with E-state index in [0.29, 0.717) is 12.0 Å². The lowest BCUT2D eigenvalue weighted by Crippen LogP contribution is -2.14. The molecule has 0 bridgehead atoms. The first-order valence-corrected chi connectivity index (χ1v) is 8.56. The first-order chi connectivity index (χ1) is 12.2. The molecule has 2 aromatic carbocycles. The van der Waals surface area contributed by atoms with Gasteiger partial charge in [-0.15, -0.1) is 0 Å². The van der Waals surface area contributed by atoms with Gasteiger partial charge in [-0.3, -0.25) is 0 Å². The zero-order chi connectivity index (χ0) is 17.6. The fraction of sp³-hybridized carbons (Fsp3) is 0.300. The van der Waals surface area contributed by atoms with E-state index in [1.165, 1.54) is 5.56 Å². The van der Waals surface area contributed by atoms with Gasteiger partial charge in [0.05, 0.1) is 12.6 Å². The normalized spacial score (nSPS) is 10.9. The van der Waals surface area contributed by atoms with E-state index >= 15 is 0 Å². The summed E-state index contributed by atoms with van der Waals surface area (Å²) in [4.78, 5) is 9.27. The van der Waals surface area contributed by atoms with Crippen molar-refractivity contribution in [2.24, 2.45) is 0 Å². The van der Waals surface area contributed by atoms with Crippen molar-refractivity contribution in [3.8, 4) is 5.75 Å². The fourth-order valence-corrected chi connectivity index (χ4v) is 2.65. The Morgan fingerprint density at radius 3 is 2.48 bits per heavy atom. The third kappa shape index (κ3) is 4.38. The number of ether oxygens (including phenoxy) is 1. The summed E-state index contributed by atoms with van der Waals surface area (Å²) in [5.41, 5.74) is 2.18. The molecule has 0 saturated carbocycles. The summed E-state index contributed by atoms with van der Waals surface area (Å²) in [6.07, 6.45) is 0.896. The highest BCUT2D eigenvalue weighted by molar-refractivity contribution is 5.90. The van der Waals surface area contributed by atoms with Gasteiger partial charge in [0, 0.05) is 18.0 Å². The van der Waals surface area contributed by atoms with Crippen LogP contribution in [0.1, 0.15) is 19.4 Å². The Hall–Kier alpha value is -2.82. The zero-order valence-corrected chi connectivity index (χ0v) is 14.9. The fourth-order valence-electron chi connectivity index (χ4n) is 2.65. The first-order valence-electron chi connectivity index (χ1n) is 8.56. The van der Waals surface area contributed by atoms with E-state index in [0.717, 1.165) is 35.4 Å². The highest BCUT2D eigenvalue weighted by atomic mass is 16.5. The molecule has 130 valence electrons. The van der Waals surface area contributed by atoms with Gasteiger partial charge in [-0.05, 0) is 50.1 Å². The first kappa shape index (κ1) is 17.0. The lowest BCUT2D eigenvalue weighted by atomic mass is 10.1. The van der Waals surface area contributed by atoms with Gasteiger partial charge >= 0.3 is 0 Å². The van der Waals surface area contributed by atoms with E-state index in [1.54, 1.807) is 7.11 Å². The molecule has 0 aliphatic rings. The van der Waals surface area contributed by atoms with Crippen molar-refractivity contribution < 1.29 is 4.74 Å². The monoisotopic (exact) mass is 336 g/mol. The number of nitrogens with zero attached hydrogens (tertiary/aromatic N) is 2. The Balaban J connectivity index is 1.72. The summed E-state index contributed by atoms with van der Waals surface area (Å²) in [6.45, 7) is 4.98. The average Bonchev–Trinajstić information content (AvgIpc) is 2.62. The molecule has 0 amide bonds. The number of methoxy groups -OCH3 is 1. The second-order valence-corrected chi connectivity index (χ2v) is 6.24. The molecule has 0 radical (unpaired) electrons. The zero-order valence-electron chi connectivity index (χ0n) is 14.9. The van der Waals surface area contributed by atoms with Gasteiger partial charge in [-0.1, -0.05) is 24.3 Å². The number of anilines is 2. The number of fused-ring (bicyclic) bond motifs is 1. The smallest absolute Gasteiger partial charge is 0.225 e. The number of benzene rings is 2. The van der Waals surface area contributed by atoms with Crippen molar-refractivity contribution >= 4 is 22.7 Å². The standard InChI is InChI=1S/C20H24N4O/c1-14(2)22-19-17-6-4-5-7-18(17)23-20(24-19)21-13-12-15-8-10-16(25-3)11-9-15/h4-11,14H,12-13H2,1-3H3,(H2,21,22,23,24). The van der Waals surface area contributed by atoms with Gasteiger partial charge in [0.1, 0.15) is 11.6 Å². The summed E-state index contributed by atoms with van der Waals surface area (Å²) in [5, 5.41) is 7.78. The molecule has 0 aliphatic carbocycles. The maximum absolute atomic E-state index is 5.19. The van der Waals surface area contributed by atoms with Crippen molar-refractivity contribution in [3.63, 3.8) is 0 Å². The Labute approximate surface area is 148 Å². The number of hydrogen-bond acceptors (Lipinski definition) is 5. The van der Waals surface area contributed by atoms with Crippen LogP contribution in [-0.2, 0) is 6.42 Å². The second kappa shape index (κ2) is 7.83. The third-order valence-corrected chi connectivity index (χ3v) is 3.88. The summed E-state index contributed by atoms with van der Waals surface area (Å²) < 4.78 is 5.19. The minimum atomic E-state index is 0.311. The van der Waals surface area contributed by atoms with Crippen LogP contribution in [0.4, 0.5) is 11.8 Å². The molecule has 0 aliphatic heterocycles. The summed E-state index contributed by atoms with van der Waals surface area (Å²) in [7, 11) is 1.68. The highest BCUT2D eigenvalue weighted by Gasteiger charge is 2.08. The third-order valence-electron chi connectivity index (χ3n) is 3.88. The van der Waals surface area contributed by atoms with Gasteiger partial charge in [-0.25, -0.2) is 4.98 Å². The quantitative estimate of drug-likeness (QED) is 0.680. The van der Waals surface area contributed by atoms with Crippen LogP contribution in [0.15, 0.2) is 48.5 Å². The van der Waals surface area contributed by atoms with Gasteiger partial charge in [0.15, 0.2) is 0 Å². The van der Waals surface area contributed by atoms with Gasteiger partial charge in [0.25, 0.3) is 0 Å². The number of aromatic nitrogens is 2. The van der Waals surface area contributed by atoms with Gasteiger partial charge in [0.2, 0.25) is 5.95 Å². The summed E-state index contributed by atoms with van der Waals surface area (Å²) in [6, 6.07) is 16.5. The molecule has 1 heterocycles. The minimum Gasteiger partial charge on any atom is -0.497 e. The second-order valence-electron chi connectivity index (χ2n) is 6.24. The van der Waals surface area contributed by atoms with Crippen LogP contribution in [0.3, 0.4) is 0 Å². The highest BCUT2D eigenvalue weighted by Crippen LogP contribution is 2.22. The molecule has 3 aromatic rings. The topological polar surface area (TPSA) is 59.1 Å². The molecule has 1 aromatic heterocycles. The van der Waals surface area contributed by atoms with Crippen molar-refractivity contribution in [1.82, 2.24) is 9.97 Å². The maximum Gasteiger partial charge on any atom is 0.225 e. The minimum absolute atomic E-state index is 0.311. The maximum atomic E-state index is 5.19. The van der Waals surface area contributed by atoms with Crippen LogP contribution >= 0.6 is 0 Å². The molecule has 0 atom stereocenters. The molecular weight excluding hydrogens is 312 g/mol. The number of para-hydroxylation sites is 1. The predicted octanol–water partition coefficient (Wildman–Crippen LogP) is 4.11. The molecule has 2 N–H and O–H groups in total. The lowest BCUT2D eigenvalue weighted by molar-refractivity contribution is 0.414. The van der Waals surface area contributed by atoms with Crippen molar-refractivity contribution in [2.75, 3.05) is 24.3 Å². The van der Waals surface area contributed by atoms with Gasteiger partial charge in [-0.2, -0.15) is 4.98 Å². The van der Waals surface area contributed by atoms with Crippen molar-refractivity contribution in [2.45, 2.75) is 26.3 Å². The molecule has 0 saturated heterocycles. The van der Waals surface area contributed by atoms with E-state index in [4.69, 9.17) is 4.74 Å². The molecule has 0 unspecified atom stereocenters. The van der Waals surface area contributed by atoms with Crippen LogP contribution < -0.4 is 15.4 Å². The molecule has 5 nitrogen and oxygen atoms in total. The van der Waals surface area contributed by atoms with Crippen LogP contribution in [0, 0.1) is 0 Å². The summed E-state index contributed by atoms with van der Waals surface area (Å²) >= 11 is 0. The SMILES string of the molecule is COc1ccc(CCNc2nc(NC(C)C)c3ccccc3n2)cc1. The number of rotatable bonds is 7. The van der Waals surface area contributed by atoms with Gasteiger partial charge < -0.3 is 15.4 Å². The predicted molar refractivity (Wildman–Crippen MR) is 103 cm³/mol. The molecule has 5 heteroatoms. The molecule has 0 fully saturated rings. The van der Waals surface area contributed by atoms with E-state index in [1.807, 2.05) is 36.4 Å². The number of nitrogens with one attached hydrogen (secondary N) is 2. The average molecular weight is 336 g/mol. The van der Waals surface area contributed by atoms with Crippen molar-refractivity contribution in [1.29, 1.82) is 0 Å². The van der Waals surface area contributed by atoms with Crippen LogP contribution in [0.25, 0.3) is 10.9 Å². The van der Waals surface area contributed by atoms with E-state index in [2.05, 4.69) is 46.6 Å². The number of hydrogen-bond donors (Lipinski definition) is 2. The molecule has 0 spiro atoms. The lowest BCUT2D eigenvalue weighted by Gasteiger charge is -2.14. The molecule has 25 heavy (non-hydrogen) atoms. The van der Waals surface area contributed by atoms with E-state index in [-0.39, 0.29) is 0 Å². The Kier molecular flexibility index (Phi) is 5.33. The summed E-state index contributed by atoms with van der Waals surface area (Å²) in [5.74, 6) is 2.39. The Morgan fingerprint density at radius 2 is 1.76 bits per heavy atom. The van der Waals surface area contributed by atoms with Crippen LogP contribution in [0.5, 0.6) is 5.75 Å². The molecule has 3 rings (SSSR count). The Bertz CT molecular complexity index is 831. The largest absolute Gasteiger partial charge is 0.497 e. The van der Waals surface area contributed by atoms with Crippen LogP contribution in [-0.4, -0.2) is 29.7 Å².